The predicted molar refractivity (Wildman–Crippen MR) is 106 cm³/mol. The van der Waals surface area contributed by atoms with Crippen molar-refractivity contribution in [1.29, 1.82) is 0 Å². The van der Waals surface area contributed by atoms with Crippen LogP contribution in [-0.4, -0.2) is 29.6 Å². The minimum atomic E-state index is -0.0468. The lowest BCUT2D eigenvalue weighted by molar-refractivity contribution is -0.120. The summed E-state index contributed by atoms with van der Waals surface area (Å²) in [5, 5.41) is 2.89. The highest BCUT2D eigenvalue weighted by Gasteiger charge is 2.28. The van der Waals surface area contributed by atoms with Gasteiger partial charge in [0.25, 0.3) is 0 Å². The number of pyridine rings is 1. The van der Waals surface area contributed by atoms with E-state index in [2.05, 4.69) is 22.1 Å². The molecule has 5 nitrogen and oxygen atoms in total. The van der Waals surface area contributed by atoms with E-state index in [9.17, 15) is 4.79 Å². The fraction of sp³-hybridized carbons (Fsp3) is 0.391. The van der Waals surface area contributed by atoms with E-state index in [1.165, 1.54) is 19.8 Å². The number of nitrogens with zero attached hydrogens (tertiary/aromatic N) is 1. The van der Waals surface area contributed by atoms with Crippen molar-refractivity contribution in [2.24, 2.45) is 5.92 Å². The number of fused-ring (bicyclic) bond motifs is 1. The van der Waals surface area contributed by atoms with Gasteiger partial charge in [-0.25, -0.2) is 4.98 Å². The Morgan fingerprint density at radius 3 is 2.79 bits per heavy atom. The maximum Gasteiger partial charge on any atom is 0.217 e. The number of carbonyl (C=O) groups excluding carboxylic acids is 1. The molecule has 2 aliphatic rings. The van der Waals surface area contributed by atoms with E-state index in [4.69, 9.17) is 9.47 Å². The highest BCUT2D eigenvalue weighted by atomic mass is 16.5. The molecule has 2 atom stereocenters. The molecule has 1 aliphatic heterocycles. The Hall–Kier alpha value is -3.00. The molecule has 1 amide bonds. The summed E-state index contributed by atoms with van der Waals surface area (Å²) in [6.07, 6.45) is 5.01. The molecule has 28 heavy (non-hydrogen) atoms. The van der Waals surface area contributed by atoms with Crippen molar-refractivity contribution < 1.29 is 14.3 Å². The average molecular weight is 376 g/mol. The second kappa shape index (κ2) is 7.93. The molecule has 2 heterocycles. The molecule has 144 valence electrons. The first-order valence-corrected chi connectivity index (χ1v) is 9.74. The third-order valence-corrected chi connectivity index (χ3v) is 5.01. The van der Waals surface area contributed by atoms with Crippen LogP contribution >= 0.6 is 0 Å². The second-order valence-electron chi connectivity index (χ2n) is 7.56. The molecule has 5 heteroatoms. The number of benzene rings is 1. The first-order chi connectivity index (χ1) is 13.6. The summed E-state index contributed by atoms with van der Waals surface area (Å²) in [4.78, 5) is 15.6. The van der Waals surface area contributed by atoms with Crippen LogP contribution < -0.4 is 14.8 Å². The quantitative estimate of drug-likeness (QED) is 0.815. The predicted octanol–water partition coefficient (Wildman–Crippen LogP) is 3.10. The van der Waals surface area contributed by atoms with Gasteiger partial charge in [0.05, 0.1) is 12.6 Å². The van der Waals surface area contributed by atoms with Crippen LogP contribution in [0.4, 0.5) is 0 Å². The molecule has 2 aromatic rings. The molecule has 1 saturated carbocycles. The fourth-order valence-electron chi connectivity index (χ4n) is 3.20. The first-order valence-electron chi connectivity index (χ1n) is 9.74. The van der Waals surface area contributed by atoms with Gasteiger partial charge in [-0.3, -0.25) is 4.79 Å². The maximum atomic E-state index is 11.2. The lowest BCUT2D eigenvalue weighted by Gasteiger charge is -2.19. The van der Waals surface area contributed by atoms with Gasteiger partial charge >= 0.3 is 0 Å². The van der Waals surface area contributed by atoms with Crippen molar-refractivity contribution in [2.45, 2.75) is 45.3 Å². The van der Waals surface area contributed by atoms with Crippen LogP contribution in [0.25, 0.3) is 0 Å². The Morgan fingerprint density at radius 2 is 2.07 bits per heavy atom. The molecular weight excluding hydrogens is 352 g/mol. The SMILES string of the molecule is CC(=O)N[C@@H](C)[C@@H]1Cc2ccc(C#Cc3ccc(OCC4CC4)nc3)cc2O1. The highest BCUT2D eigenvalue weighted by Crippen LogP contribution is 2.31. The van der Waals surface area contributed by atoms with E-state index in [1.54, 1.807) is 6.20 Å². The van der Waals surface area contributed by atoms with E-state index in [1.807, 2.05) is 37.3 Å². The van der Waals surface area contributed by atoms with Gasteiger partial charge in [0.15, 0.2) is 0 Å². The van der Waals surface area contributed by atoms with Gasteiger partial charge in [-0.1, -0.05) is 17.9 Å². The number of amides is 1. The molecule has 0 radical (unpaired) electrons. The number of hydrogen-bond donors (Lipinski definition) is 1. The van der Waals surface area contributed by atoms with Crippen LogP contribution in [0.3, 0.4) is 0 Å². The van der Waals surface area contributed by atoms with Crippen LogP contribution in [0.2, 0.25) is 0 Å². The number of carbonyl (C=O) groups is 1. The van der Waals surface area contributed by atoms with Gasteiger partial charge in [-0.15, -0.1) is 0 Å². The van der Waals surface area contributed by atoms with E-state index in [0.717, 1.165) is 35.5 Å². The molecule has 1 fully saturated rings. The number of ether oxygens (including phenoxy) is 2. The molecule has 0 spiro atoms. The third-order valence-electron chi connectivity index (χ3n) is 5.01. The zero-order valence-electron chi connectivity index (χ0n) is 16.2. The minimum Gasteiger partial charge on any atom is -0.488 e. The zero-order chi connectivity index (χ0) is 19.5. The number of rotatable bonds is 5. The second-order valence-corrected chi connectivity index (χ2v) is 7.56. The van der Waals surface area contributed by atoms with Crippen molar-refractivity contribution in [3.8, 4) is 23.5 Å². The smallest absolute Gasteiger partial charge is 0.217 e. The molecule has 0 saturated heterocycles. The van der Waals surface area contributed by atoms with Crippen LogP contribution in [0, 0.1) is 17.8 Å². The van der Waals surface area contributed by atoms with Crippen molar-refractivity contribution >= 4 is 5.91 Å². The van der Waals surface area contributed by atoms with Crippen molar-refractivity contribution in [1.82, 2.24) is 10.3 Å². The van der Waals surface area contributed by atoms with Crippen LogP contribution in [0.5, 0.6) is 11.6 Å². The molecule has 0 bridgehead atoms. The molecular formula is C23H24N2O3. The first kappa shape index (κ1) is 18.4. The van der Waals surface area contributed by atoms with E-state index >= 15 is 0 Å². The van der Waals surface area contributed by atoms with Gasteiger partial charge in [-0.2, -0.15) is 0 Å². The topological polar surface area (TPSA) is 60.5 Å². The average Bonchev–Trinajstić information content (AvgIpc) is 3.41. The molecule has 1 aliphatic carbocycles. The molecule has 1 N–H and O–H groups in total. The monoisotopic (exact) mass is 376 g/mol. The molecule has 0 unspecified atom stereocenters. The minimum absolute atomic E-state index is 0.0360. The number of nitrogens with one attached hydrogen (secondary N) is 1. The number of aromatic nitrogens is 1. The molecule has 1 aromatic heterocycles. The van der Waals surface area contributed by atoms with Gasteiger partial charge in [0, 0.05) is 36.7 Å². The Kier molecular flexibility index (Phi) is 5.21. The summed E-state index contributed by atoms with van der Waals surface area (Å²) in [6.45, 7) is 4.24. The zero-order valence-corrected chi connectivity index (χ0v) is 16.2. The Bertz CT molecular complexity index is 923. The van der Waals surface area contributed by atoms with Crippen LogP contribution in [0.1, 0.15) is 43.4 Å². The summed E-state index contributed by atoms with van der Waals surface area (Å²) in [5.74, 6) is 8.47. The largest absolute Gasteiger partial charge is 0.488 e. The van der Waals surface area contributed by atoms with Crippen LogP contribution in [-0.2, 0) is 11.2 Å². The van der Waals surface area contributed by atoms with Crippen LogP contribution in [0.15, 0.2) is 36.5 Å². The van der Waals surface area contributed by atoms with E-state index in [-0.39, 0.29) is 18.1 Å². The maximum absolute atomic E-state index is 11.2. The van der Waals surface area contributed by atoms with Gasteiger partial charge < -0.3 is 14.8 Å². The lowest BCUT2D eigenvalue weighted by atomic mass is 10.0. The van der Waals surface area contributed by atoms with E-state index < -0.39 is 0 Å². The summed E-state index contributed by atoms with van der Waals surface area (Å²) >= 11 is 0. The van der Waals surface area contributed by atoms with Crippen molar-refractivity contribution in [3.63, 3.8) is 0 Å². The Labute approximate surface area is 165 Å². The lowest BCUT2D eigenvalue weighted by Crippen LogP contribution is -2.42. The summed E-state index contributed by atoms with van der Waals surface area (Å²) in [6, 6.07) is 9.77. The van der Waals surface area contributed by atoms with Crippen molar-refractivity contribution in [2.75, 3.05) is 6.61 Å². The third kappa shape index (κ3) is 4.64. The van der Waals surface area contributed by atoms with Crippen molar-refractivity contribution in [3.05, 3.63) is 53.2 Å². The summed E-state index contributed by atoms with van der Waals surface area (Å²) in [5.41, 5.74) is 2.88. The Balaban J connectivity index is 1.38. The van der Waals surface area contributed by atoms with Gasteiger partial charge in [0.2, 0.25) is 11.8 Å². The molecule has 4 rings (SSSR count). The standard InChI is InChI=1S/C23H24N2O3/c1-15(25-16(2)26)21-12-20-9-7-17(11-22(20)28-21)3-4-18-8-10-23(24-13-18)27-14-19-5-6-19/h7-11,13,15,19,21H,5-6,12,14H2,1-2H3,(H,25,26)/t15-,21-/m0/s1. The Morgan fingerprint density at radius 1 is 1.29 bits per heavy atom. The normalized spacial score (nSPS) is 18.3. The number of hydrogen-bond acceptors (Lipinski definition) is 4. The summed E-state index contributed by atoms with van der Waals surface area (Å²) in [7, 11) is 0. The van der Waals surface area contributed by atoms with Gasteiger partial charge in [0.1, 0.15) is 11.9 Å². The fourth-order valence-corrected chi connectivity index (χ4v) is 3.20. The van der Waals surface area contributed by atoms with E-state index in [0.29, 0.717) is 11.8 Å². The van der Waals surface area contributed by atoms with Gasteiger partial charge in [-0.05, 0) is 49.4 Å². The molecule has 1 aromatic carbocycles. The highest BCUT2D eigenvalue weighted by molar-refractivity contribution is 5.73. The summed E-state index contributed by atoms with van der Waals surface area (Å²) < 4.78 is 11.7.